The highest BCUT2D eigenvalue weighted by Crippen LogP contribution is 2.54. The number of allylic oxidation sites excluding steroid dienone is 2. The van der Waals surface area contributed by atoms with Crippen LogP contribution in [0.4, 0.5) is 5.69 Å². The van der Waals surface area contributed by atoms with Gasteiger partial charge in [0.05, 0.1) is 41.2 Å². The van der Waals surface area contributed by atoms with Gasteiger partial charge < -0.3 is 54.5 Å². The number of hydrogen-bond acceptors (Lipinski definition) is 13. The molecule has 294 valence electrons. The highest BCUT2D eigenvalue weighted by atomic mass is 16.7. The van der Waals surface area contributed by atoms with Gasteiger partial charge in [-0.3, -0.25) is 14.4 Å². The summed E-state index contributed by atoms with van der Waals surface area (Å²) < 4.78 is 28.9. The number of phenolic OH excluding ortho intramolecular Hbond substituents is 2. The van der Waals surface area contributed by atoms with Crippen LogP contribution < -0.4 is 14.8 Å². The van der Waals surface area contributed by atoms with Gasteiger partial charge >= 0.3 is 17.7 Å². The number of ketones is 1. The van der Waals surface area contributed by atoms with Crippen molar-refractivity contribution < 1.29 is 68.4 Å². The number of Topliss-reactive ketones (excluding diaryl/α,β-unsaturated/α-hetero) is 1. The second-order valence-corrected chi connectivity index (χ2v) is 14.1. The van der Waals surface area contributed by atoms with Gasteiger partial charge in [0.2, 0.25) is 0 Å². The third-order valence-corrected chi connectivity index (χ3v) is 10.2. The molecule has 5 rings (SSSR count). The molecule has 0 unspecified atom stereocenters. The molecule has 9 atom stereocenters. The maximum atomic E-state index is 14.2. The van der Waals surface area contributed by atoms with Crippen molar-refractivity contribution in [1.82, 2.24) is 0 Å². The van der Waals surface area contributed by atoms with E-state index >= 15 is 0 Å². The van der Waals surface area contributed by atoms with Crippen LogP contribution in [0.25, 0.3) is 10.8 Å². The Morgan fingerprint density at radius 3 is 2.24 bits per heavy atom. The number of nitrogens with one attached hydrogen (secondary N) is 1. The van der Waals surface area contributed by atoms with Crippen LogP contribution in [-0.2, 0) is 28.6 Å². The number of benzene rings is 2. The molecule has 0 spiro atoms. The van der Waals surface area contributed by atoms with Crippen LogP contribution in [0.15, 0.2) is 42.2 Å². The molecule has 5 bridgehead atoms. The molecule has 15 nitrogen and oxygen atoms in total. The summed E-state index contributed by atoms with van der Waals surface area (Å²) in [6.45, 7) is 11.4. The van der Waals surface area contributed by atoms with Crippen LogP contribution in [0.2, 0.25) is 0 Å². The maximum absolute atomic E-state index is 14.2. The number of amides is 1. The number of aliphatic hydroxyl groups excluding tert-OH is 2. The van der Waals surface area contributed by atoms with Crippen LogP contribution >= 0.6 is 0 Å². The number of carboxylic acids is 1. The molecule has 0 radical (unpaired) electrons. The summed E-state index contributed by atoms with van der Waals surface area (Å²) in [6, 6.07) is 1.13. The van der Waals surface area contributed by atoms with E-state index in [9.17, 15) is 44.7 Å². The molecule has 0 saturated carbocycles. The van der Waals surface area contributed by atoms with Crippen molar-refractivity contribution in [3.63, 3.8) is 0 Å². The fourth-order valence-corrected chi connectivity index (χ4v) is 6.89. The van der Waals surface area contributed by atoms with E-state index in [1.165, 1.54) is 53.2 Å². The number of esters is 1. The molecule has 3 aliphatic rings. The van der Waals surface area contributed by atoms with E-state index in [4.69, 9.17) is 23.7 Å². The van der Waals surface area contributed by atoms with E-state index in [0.717, 1.165) is 6.07 Å². The summed E-state index contributed by atoms with van der Waals surface area (Å²) in [7, 11) is 1.41. The second-order valence-electron chi connectivity index (χ2n) is 14.1. The number of phenols is 2. The fraction of sp³-hybridized carbons (Fsp3) is 0.487. The van der Waals surface area contributed by atoms with E-state index in [1.54, 1.807) is 39.8 Å². The highest BCUT2D eigenvalue weighted by molar-refractivity contribution is 6.21. The topological polar surface area (TPSA) is 228 Å². The summed E-state index contributed by atoms with van der Waals surface area (Å²) >= 11 is 0. The Morgan fingerprint density at radius 1 is 0.963 bits per heavy atom. The van der Waals surface area contributed by atoms with Gasteiger partial charge in [-0.25, -0.2) is 4.79 Å². The number of ether oxygens (including phenoxy) is 5. The van der Waals surface area contributed by atoms with Crippen molar-refractivity contribution >= 4 is 40.1 Å². The minimum atomic E-state index is -2.05. The van der Waals surface area contributed by atoms with Crippen LogP contribution in [-0.4, -0.2) is 93.1 Å². The third-order valence-electron chi connectivity index (χ3n) is 10.2. The average molecular weight is 756 g/mol. The Labute approximate surface area is 312 Å². The summed E-state index contributed by atoms with van der Waals surface area (Å²) in [5, 5.41) is 57.0. The van der Waals surface area contributed by atoms with Crippen molar-refractivity contribution in [2.24, 2.45) is 23.7 Å². The van der Waals surface area contributed by atoms with Gasteiger partial charge in [-0.2, -0.15) is 0 Å². The standard InChI is InChI=1S/C39H49NO14/c1-17-11-10-12-18(2)38(49)40-24-15-26(51-16-27(42)43)28-29(34(24)47)33(46)22(6)36-30(28)37(48)39(8,54-36)52-14-13-25(50-9)19(3)35(53-23(7)41)21(5)32(45)20(4)31(17)44/h10-15,17,19-21,25,31-32,35,44-47H,16H2,1-9H3,(H,40,49)(H,42,43)/b11-10-,14-13-,18-12-/t17-,19+,20+,21+,25-,31-,32+,35+,39-/m0/s1. The summed E-state index contributed by atoms with van der Waals surface area (Å²) in [5.41, 5.74) is -0.251. The molecule has 0 saturated heterocycles. The number of fused-ring (bicyclic) bond motifs is 14. The first-order chi connectivity index (χ1) is 25.2. The zero-order chi connectivity index (χ0) is 40.4. The van der Waals surface area contributed by atoms with Crippen LogP contribution in [0.5, 0.6) is 23.0 Å². The number of carbonyl (C=O) groups excluding carboxylic acids is 3. The van der Waals surface area contributed by atoms with Crippen molar-refractivity contribution in [3.05, 3.63) is 53.3 Å². The van der Waals surface area contributed by atoms with Gasteiger partial charge in [0.15, 0.2) is 12.4 Å². The summed E-state index contributed by atoms with van der Waals surface area (Å²) in [6.07, 6.45) is 3.37. The Balaban J connectivity index is 1.93. The van der Waals surface area contributed by atoms with Crippen LogP contribution in [0.1, 0.15) is 64.4 Å². The number of aliphatic hydroxyl groups is 2. The van der Waals surface area contributed by atoms with E-state index in [1.807, 2.05) is 0 Å². The molecule has 54 heavy (non-hydrogen) atoms. The quantitative estimate of drug-likeness (QED) is 0.182. The van der Waals surface area contributed by atoms with Crippen molar-refractivity contribution in [3.8, 4) is 23.0 Å². The monoisotopic (exact) mass is 755 g/mol. The van der Waals surface area contributed by atoms with E-state index in [2.05, 4.69) is 5.32 Å². The van der Waals surface area contributed by atoms with Gasteiger partial charge in [0, 0.05) is 67.2 Å². The average Bonchev–Trinajstić information content (AvgIpc) is 3.38. The van der Waals surface area contributed by atoms with E-state index in [0.29, 0.717) is 0 Å². The molecule has 0 aliphatic carbocycles. The molecule has 1 amide bonds. The van der Waals surface area contributed by atoms with Crippen molar-refractivity contribution in [1.29, 1.82) is 0 Å². The Kier molecular flexibility index (Phi) is 12.7. The molecule has 3 aliphatic heterocycles. The first-order valence-electron chi connectivity index (χ1n) is 17.5. The number of aliphatic carboxylic acids is 1. The lowest BCUT2D eigenvalue weighted by atomic mass is 9.78. The number of rotatable bonds is 5. The Hall–Kier alpha value is -5.12. The van der Waals surface area contributed by atoms with Gasteiger partial charge in [0.1, 0.15) is 23.4 Å². The molecule has 2 aromatic carbocycles. The number of carbonyl (C=O) groups is 4. The molecule has 6 N–H and O–H groups in total. The molecular formula is C39H49NO14. The Morgan fingerprint density at radius 2 is 1.63 bits per heavy atom. The summed E-state index contributed by atoms with van der Waals surface area (Å²) in [4.78, 5) is 51.3. The van der Waals surface area contributed by atoms with Crippen LogP contribution in [0, 0.1) is 30.6 Å². The third kappa shape index (κ3) is 8.17. The SMILES string of the molecule is CO[C@H]1/C=C\O[C@@]2(C)Oc3c(C)c(O)c4c(O)c(cc(OCC(=O)O)c4c3C2=O)NC(=O)/C(C)=C\C=C/[C@H](C)[C@H](O)[C@@H](C)[C@@H](O)[C@@H](C)[C@H](OC(C)=O)[C@@H]1C. The minimum absolute atomic E-state index is 0.0301. The number of carboxylic acid groups (broad SMARTS) is 1. The van der Waals surface area contributed by atoms with E-state index < -0.39 is 95.6 Å². The van der Waals surface area contributed by atoms with Crippen LogP contribution in [0.3, 0.4) is 0 Å². The Bertz CT molecular complexity index is 1900. The first-order valence-corrected chi connectivity index (χ1v) is 17.5. The van der Waals surface area contributed by atoms with Crippen molar-refractivity contribution in [2.75, 3.05) is 19.0 Å². The largest absolute Gasteiger partial charge is 0.507 e. The lowest BCUT2D eigenvalue weighted by molar-refractivity contribution is -0.160. The molecule has 0 fully saturated rings. The number of aromatic hydroxyl groups is 2. The lowest BCUT2D eigenvalue weighted by Crippen LogP contribution is -2.46. The summed E-state index contributed by atoms with van der Waals surface area (Å²) in [5.74, 6) is -9.54. The number of methoxy groups -OCH3 is 1. The van der Waals surface area contributed by atoms with Gasteiger partial charge in [0.25, 0.3) is 11.7 Å². The lowest BCUT2D eigenvalue weighted by Gasteiger charge is -2.38. The van der Waals surface area contributed by atoms with Crippen molar-refractivity contribution in [2.45, 2.75) is 85.6 Å². The highest BCUT2D eigenvalue weighted by Gasteiger charge is 2.49. The normalized spacial score (nSPS) is 31.5. The molecule has 0 aromatic heterocycles. The zero-order valence-corrected chi connectivity index (χ0v) is 31.7. The smallest absolute Gasteiger partial charge is 0.341 e. The maximum Gasteiger partial charge on any atom is 0.341 e. The molecule has 15 heteroatoms. The number of hydrogen-bond donors (Lipinski definition) is 6. The van der Waals surface area contributed by atoms with E-state index in [-0.39, 0.29) is 44.7 Å². The molecule has 3 heterocycles. The molecular weight excluding hydrogens is 706 g/mol. The predicted octanol–water partition coefficient (Wildman–Crippen LogP) is 4.51. The number of anilines is 1. The predicted molar refractivity (Wildman–Crippen MR) is 195 cm³/mol. The van der Waals surface area contributed by atoms with Gasteiger partial charge in [-0.1, -0.05) is 45.9 Å². The van der Waals surface area contributed by atoms with Gasteiger partial charge in [-0.15, -0.1) is 0 Å². The minimum Gasteiger partial charge on any atom is -0.507 e. The zero-order valence-electron chi connectivity index (χ0n) is 31.7. The fourth-order valence-electron chi connectivity index (χ4n) is 6.89. The molecule has 2 aromatic rings. The van der Waals surface area contributed by atoms with Gasteiger partial charge in [-0.05, 0) is 19.9 Å². The first kappa shape index (κ1) is 41.6. The second kappa shape index (κ2) is 16.5.